The zero-order valence-corrected chi connectivity index (χ0v) is 9.95. The van der Waals surface area contributed by atoms with Crippen LogP contribution in [0.4, 0.5) is 5.69 Å². The number of hydrogen-bond acceptors (Lipinski definition) is 5. The summed E-state index contributed by atoms with van der Waals surface area (Å²) in [6.07, 6.45) is 0. The number of carbonyl (C=O) groups is 2. The summed E-state index contributed by atoms with van der Waals surface area (Å²) in [5.74, 6) is -1.25. The lowest BCUT2D eigenvalue weighted by Gasteiger charge is -2.16. The molecule has 0 saturated heterocycles. The third-order valence-electron chi connectivity index (χ3n) is 2.61. The highest BCUT2D eigenvalue weighted by molar-refractivity contribution is 6.50. The quantitative estimate of drug-likeness (QED) is 0.649. The Morgan fingerprint density at radius 3 is 2.50 bits per heavy atom. The van der Waals surface area contributed by atoms with Gasteiger partial charge in [0.1, 0.15) is 16.3 Å². The number of carbonyl (C=O) groups excluding carboxylic acids is 2. The highest BCUT2D eigenvalue weighted by Gasteiger charge is 2.36. The zero-order chi connectivity index (χ0) is 13.4. The maximum atomic E-state index is 12.1. The molecule has 0 unspecified atom stereocenters. The topological polar surface area (TPSA) is 89.3 Å². The molecule has 0 aliphatic heterocycles. The first kappa shape index (κ1) is 12.3. The van der Waals surface area contributed by atoms with Crippen LogP contribution in [0.15, 0.2) is 28.9 Å². The van der Waals surface area contributed by atoms with Crippen molar-refractivity contribution < 1.29 is 14.5 Å². The molecule has 0 aromatic heterocycles. The molecule has 1 aliphatic carbocycles. The lowest BCUT2D eigenvalue weighted by atomic mass is 9.91. The first-order valence-corrected chi connectivity index (χ1v) is 5.31. The number of benzene rings is 1. The SMILES string of the molecule is CNC1=C(Cl)C(=O)c2cccc([N+](=O)[O-])c2C1=O. The van der Waals surface area contributed by atoms with E-state index >= 15 is 0 Å². The second-order valence-corrected chi connectivity index (χ2v) is 3.93. The summed E-state index contributed by atoms with van der Waals surface area (Å²) in [4.78, 5) is 34.1. The molecular weight excluding hydrogens is 260 g/mol. The minimum Gasteiger partial charge on any atom is -0.384 e. The normalized spacial score (nSPS) is 14.6. The third-order valence-corrected chi connectivity index (χ3v) is 2.97. The van der Waals surface area contributed by atoms with Crippen LogP contribution in [0.2, 0.25) is 0 Å². The predicted molar refractivity (Wildman–Crippen MR) is 63.7 cm³/mol. The molecule has 2 rings (SSSR count). The Bertz CT molecular complexity index is 621. The highest BCUT2D eigenvalue weighted by Crippen LogP contribution is 2.32. The van der Waals surface area contributed by atoms with Crippen molar-refractivity contribution in [1.82, 2.24) is 5.32 Å². The number of nitro benzene ring substituents is 1. The lowest BCUT2D eigenvalue weighted by Crippen LogP contribution is -2.27. The van der Waals surface area contributed by atoms with Crippen molar-refractivity contribution >= 4 is 28.9 Å². The van der Waals surface area contributed by atoms with Crippen molar-refractivity contribution in [3.63, 3.8) is 0 Å². The van der Waals surface area contributed by atoms with Crippen LogP contribution in [0.3, 0.4) is 0 Å². The fourth-order valence-corrected chi connectivity index (χ4v) is 2.08. The summed E-state index contributed by atoms with van der Waals surface area (Å²) >= 11 is 5.76. The smallest absolute Gasteiger partial charge is 0.281 e. The van der Waals surface area contributed by atoms with Gasteiger partial charge in [-0.1, -0.05) is 17.7 Å². The van der Waals surface area contributed by atoms with E-state index in [0.29, 0.717) is 0 Å². The van der Waals surface area contributed by atoms with Gasteiger partial charge in [0.2, 0.25) is 11.6 Å². The van der Waals surface area contributed by atoms with Gasteiger partial charge in [-0.05, 0) is 6.07 Å². The first-order valence-electron chi connectivity index (χ1n) is 4.93. The van der Waals surface area contributed by atoms with E-state index < -0.39 is 22.2 Å². The molecule has 92 valence electrons. The van der Waals surface area contributed by atoms with Crippen molar-refractivity contribution in [2.75, 3.05) is 7.05 Å². The van der Waals surface area contributed by atoms with Gasteiger partial charge in [-0.3, -0.25) is 19.7 Å². The summed E-state index contributed by atoms with van der Waals surface area (Å²) in [6.45, 7) is 0. The van der Waals surface area contributed by atoms with Crippen LogP contribution >= 0.6 is 11.6 Å². The molecule has 0 amide bonds. The van der Waals surface area contributed by atoms with Crippen LogP contribution in [0.25, 0.3) is 0 Å². The van der Waals surface area contributed by atoms with Crippen LogP contribution in [0, 0.1) is 10.1 Å². The molecule has 0 fully saturated rings. The van der Waals surface area contributed by atoms with E-state index in [2.05, 4.69) is 5.32 Å². The molecular formula is C11H7ClN2O4. The molecule has 1 aromatic carbocycles. The number of nitro groups is 1. The summed E-state index contributed by atoms with van der Waals surface area (Å²) in [5, 5.41) is 13.1. The molecule has 1 aromatic rings. The fourth-order valence-electron chi connectivity index (χ4n) is 1.80. The van der Waals surface area contributed by atoms with E-state index in [1.54, 1.807) is 0 Å². The summed E-state index contributed by atoms with van der Waals surface area (Å²) in [6, 6.07) is 3.87. The second kappa shape index (κ2) is 4.23. The molecule has 0 spiro atoms. The summed E-state index contributed by atoms with van der Waals surface area (Å²) in [7, 11) is 1.42. The number of fused-ring (bicyclic) bond motifs is 1. The third kappa shape index (κ3) is 1.58. The Hall–Kier alpha value is -2.21. The highest BCUT2D eigenvalue weighted by atomic mass is 35.5. The molecule has 18 heavy (non-hydrogen) atoms. The van der Waals surface area contributed by atoms with Crippen molar-refractivity contribution in [2.24, 2.45) is 0 Å². The Kier molecular flexibility index (Phi) is 2.88. The van der Waals surface area contributed by atoms with Gasteiger partial charge in [-0.2, -0.15) is 0 Å². The van der Waals surface area contributed by atoms with Gasteiger partial charge in [0.15, 0.2) is 0 Å². The number of likely N-dealkylation sites (N-methyl/N-ethyl adjacent to an activating group) is 1. The van der Waals surface area contributed by atoms with Crippen LogP contribution in [0.5, 0.6) is 0 Å². The van der Waals surface area contributed by atoms with Gasteiger partial charge in [-0.25, -0.2) is 0 Å². The molecule has 1 aliphatic rings. The molecule has 6 nitrogen and oxygen atoms in total. The van der Waals surface area contributed by atoms with E-state index in [0.717, 1.165) is 0 Å². The number of Topliss-reactive ketones (excluding diaryl/α,β-unsaturated/α-hetero) is 2. The van der Waals surface area contributed by atoms with Crippen molar-refractivity contribution in [3.05, 3.63) is 50.2 Å². The van der Waals surface area contributed by atoms with E-state index in [-0.39, 0.29) is 21.9 Å². The molecule has 0 atom stereocenters. The van der Waals surface area contributed by atoms with Gasteiger partial charge in [-0.15, -0.1) is 0 Å². The van der Waals surface area contributed by atoms with Crippen LogP contribution in [-0.4, -0.2) is 23.5 Å². The van der Waals surface area contributed by atoms with Crippen LogP contribution in [-0.2, 0) is 0 Å². The van der Waals surface area contributed by atoms with Gasteiger partial charge < -0.3 is 5.32 Å². The van der Waals surface area contributed by atoms with E-state index in [9.17, 15) is 19.7 Å². The molecule has 7 heteroatoms. The summed E-state index contributed by atoms with van der Waals surface area (Å²) in [5.41, 5.74) is -0.786. The number of rotatable bonds is 2. The zero-order valence-electron chi connectivity index (χ0n) is 9.19. The van der Waals surface area contributed by atoms with Crippen molar-refractivity contribution in [2.45, 2.75) is 0 Å². The number of allylic oxidation sites excluding steroid dienone is 2. The standard InChI is InChI=1S/C11H7ClN2O4/c1-13-9-8(12)10(15)5-3-2-4-6(14(17)18)7(5)11(9)16/h2-4,13H,1H3. The minimum atomic E-state index is -0.698. The number of nitrogens with zero attached hydrogens (tertiary/aromatic N) is 1. The number of ketones is 2. The monoisotopic (exact) mass is 266 g/mol. The second-order valence-electron chi connectivity index (χ2n) is 3.55. The predicted octanol–water partition coefficient (Wildman–Crippen LogP) is 1.64. The largest absolute Gasteiger partial charge is 0.384 e. The molecule has 0 heterocycles. The minimum absolute atomic E-state index is 0.0433. The van der Waals surface area contributed by atoms with Crippen LogP contribution in [0.1, 0.15) is 20.7 Å². The molecule has 0 bridgehead atoms. The maximum absolute atomic E-state index is 12.1. The van der Waals surface area contributed by atoms with E-state index in [1.807, 2.05) is 0 Å². The van der Waals surface area contributed by atoms with Crippen molar-refractivity contribution in [1.29, 1.82) is 0 Å². The average molecular weight is 267 g/mol. The van der Waals surface area contributed by atoms with Gasteiger partial charge in [0.25, 0.3) is 5.69 Å². The lowest BCUT2D eigenvalue weighted by molar-refractivity contribution is -0.385. The summed E-state index contributed by atoms with van der Waals surface area (Å²) < 4.78 is 0. The first-order chi connectivity index (χ1) is 8.49. The molecule has 0 saturated carbocycles. The van der Waals surface area contributed by atoms with Crippen LogP contribution < -0.4 is 5.32 Å². The van der Waals surface area contributed by atoms with E-state index in [4.69, 9.17) is 11.6 Å². The Labute approximate surface area is 106 Å². The maximum Gasteiger partial charge on any atom is 0.281 e. The van der Waals surface area contributed by atoms with Gasteiger partial charge in [0, 0.05) is 18.7 Å². The Balaban J connectivity index is 2.78. The van der Waals surface area contributed by atoms with Crippen molar-refractivity contribution in [3.8, 4) is 0 Å². The van der Waals surface area contributed by atoms with Gasteiger partial charge >= 0.3 is 0 Å². The molecule has 0 radical (unpaired) electrons. The average Bonchev–Trinajstić information content (AvgIpc) is 2.36. The number of nitrogens with one attached hydrogen (secondary N) is 1. The number of halogens is 1. The van der Waals surface area contributed by atoms with Gasteiger partial charge in [0.05, 0.1) is 4.92 Å². The Morgan fingerprint density at radius 1 is 1.28 bits per heavy atom. The fraction of sp³-hybridized carbons (Fsp3) is 0.0909. The molecule has 1 N–H and O–H groups in total. The number of hydrogen-bond donors (Lipinski definition) is 1. The van der Waals surface area contributed by atoms with E-state index in [1.165, 1.54) is 25.2 Å². The Morgan fingerprint density at radius 2 is 1.94 bits per heavy atom.